The van der Waals surface area contributed by atoms with Gasteiger partial charge in [0.15, 0.2) is 0 Å². The van der Waals surface area contributed by atoms with Gasteiger partial charge < -0.3 is 4.74 Å². The van der Waals surface area contributed by atoms with Gasteiger partial charge in [0, 0.05) is 12.1 Å². The molecule has 0 N–H and O–H groups in total. The monoisotopic (exact) mass is 371 g/mol. The van der Waals surface area contributed by atoms with E-state index in [2.05, 4.69) is 51.7 Å². The highest BCUT2D eigenvalue weighted by Gasteiger charge is 2.12. The van der Waals surface area contributed by atoms with Crippen LogP contribution in [0.25, 0.3) is 0 Å². The highest BCUT2D eigenvalue weighted by molar-refractivity contribution is 5.78. The van der Waals surface area contributed by atoms with Crippen molar-refractivity contribution >= 4 is 5.78 Å². The maximum absolute atomic E-state index is 10.9. The number of aromatic nitrogens is 1. The number of benzene rings is 1. The number of hydrogen-bond donors (Lipinski definition) is 0. The van der Waals surface area contributed by atoms with Gasteiger partial charge in [-0.25, -0.2) is 0 Å². The summed E-state index contributed by atoms with van der Waals surface area (Å²) < 4.78 is 4.99. The molecule has 1 heterocycles. The molecule has 150 valence electrons. The molecular weight excluding hydrogens is 334 g/mol. The number of nitrogens with zero attached hydrogens (tertiary/aromatic N) is 1. The Kier molecular flexibility index (Phi) is 11.3. The van der Waals surface area contributed by atoms with E-state index in [-0.39, 0.29) is 11.2 Å². The minimum absolute atomic E-state index is 0.189. The first kappa shape index (κ1) is 24.8. The molecule has 0 aliphatic heterocycles. The van der Waals surface area contributed by atoms with Crippen LogP contribution in [-0.2, 0) is 16.6 Å². The zero-order valence-corrected chi connectivity index (χ0v) is 18.6. The van der Waals surface area contributed by atoms with Crippen LogP contribution >= 0.6 is 0 Å². The number of hydrogen-bond acceptors (Lipinski definition) is 3. The molecule has 0 spiro atoms. The Bertz CT molecular complexity index is 650. The van der Waals surface area contributed by atoms with Crippen molar-refractivity contribution in [2.24, 2.45) is 0 Å². The van der Waals surface area contributed by atoms with E-state index in [4.69, 9.17) is 4.74 Å². The lowest BCUT2D eigenvalue weighted by Gasteiger charge is -2.18. The molecular formula is C24H37NO2. The number of carbonyl (C=O) groups excluding carboxylic acids is 1. The number of pyridine rings is 1. The Labute approximate surface area is 166 Å². The zero-order chi connectivity index (χ0) is 21.0. The summed E-state index contributed by atoms with van der Waals surface area (Å²) in [7, 11) is 1.64. The maximum Gasteiger partial charge on any atom is 0.137 e. The number of ketones is 1. The van der Waals surface area contributed by atoms with E-state index in [1.165, 1.54) is 5.56 Å². The van der Waals surface area contributed by atoms with Gasteiger partial charge in [-0.05, 0) is 41.5 Å². The molecule has 0 fully saturated rings. The number of carbonyl (C=O) groups is 1. The summed E-state index contributed by atoms with van der Waals surface area (Å²) in [5.74, 6) is 1.52. The Balaban J connectivity index is 0.000000469. The quantitative estimate of drug-likeness (QED) is 0.628. The number of rotatable bonds is 4. The molecule has 2 rings (SSSR count). The third-order valence-corrected chi connectivity index (χ3v) is 3.86. The summed E-state index contributed by atoms with van der Waals surface area (Å²) in [6, 6.07) is 12.2. The molecule has 0 radical (unpaired) electrons. The van der Waals surface area contributed by atoms with Crippen molar-refractivity contribution in [3.05, 3.63) is 59.4 Å². The average molecular weight is 372 g/mol. The van der Waals surface area contributed by atoms with Crippen molar-refractivity contribution in [3.63, 3.8) is 0 Å². The average Bonchev–Trinajstić information content (AvgIpc) is 2.63. The molecule has 0 saturated heterocycles. The third-order valence-electron chi connectivity index (χ3n) is 3.86. The smallest absolute Gasteiger partial charge is 0.137 e. The van der Waals surface area contributed by atoms with Crippen LogP contribution in [0.15, 0.2) is 42.6 Å². The summed E-state index contributed by atoms with van der Waals surface area (Å²) in [6.45, 7) is 16.4. The SMILES string of the molecule is CC.CC(=O)Cc1ccc(C(C)(C)C)cc1.COc1ccc(C(C)C)nc1. The Morgan fingerprint density at radius 3 is 1.93 bits per heavy atom. The van der Waals surface area contributed by atoms with Crippen molar-refractivity contribution in [2.75, 3.05) is 7.11 Å². The van der Waals surface area contributed by atoms with Crippen LogP contribution in [0.4, 0.5) is 0 Å². The van der Waals surface area contributed by atoms with Gasteiger partial charge in [0.05, 0.1) is 13.3 Å². The van der Waals surface area contributed by atoms with Crippen LogP contribution in [0.5, 0.6) is 5.75 Å². The third kappa shape index (κ3) is 9.93. The summed E-state index contributed by atoms with van der Waals surface area (Å²) in [5, 5.41) is 0. The van der Waals surface area contributed by atoms with E-state index in [1.807, 2.05) is 38.1 Å². The van der Waals surface area contributed by atoms with Crippen molar-refractivity contribution in [3.8, 4) is 5.75 Å². The molecule has 2 aromatic rings. The van der Waals surface area contributed by atoms with Crippen LogP contribution in [0, 0.1) is 0 Å². The molecule has 0 aliphatic rings. The van der Waals surface area contributed by atoms with Crippen molar-refractivity contribution < 1.29 is 9.53 Å². The van der Waals surface area contributed by atoms with Gasteiger partial charge in [-0.3, -0.25) is 9.78 Å². The van der Waals surface area contributed by atoms with E-state index in [0.29, 0.717) is 12.3 Å². The van der Waals surface area contributed by atoms with Gasteiger partial charge in [-0.15, -0.1) is 0 Å². The Morgan fingerprint density at radius 1 is 1.04 bits per heavy atom. The van der Waals surface area contributed by atoms with Crippen LogP contribution in [0.1, 0.15) is 78.1 Å². The minimum Gasteiger partial charge on any atom is -0.495 e. The van der Waals surface area contributed by atoms with Crippen LogP contribution in [0.2, 0.25) is 0 Å². The summed E-state index contributed by atoms with van der Waals surface area (Å²) in [6.07, 6.45) is 2.29. The molecule has 3 heteroatoms. The van der Waals surface area contributed by atoms with E-state index in [1.54, 1.807) is 20.2 Å². The van der Waals surface area contributed by atoms with E-state index in [0.717, 1.165) is 17.0 Å². The second-order valence-electron chi connectivity index (χ2n) is 7.60. The molecule has 1 aromatic carbocycles. The second kappa shape index (κ2) is 12.3. The van der Waals surface area contributed by atoms with E-state index in [9.17, 15) is 4.79 Å². The zero-order valence-electron chi connectivity index (χ0n) is 18.6. The Morgan fingerprint density at radius 2 is 1.59 bits per heavy atom. The highest BCUT2D eigenvalue weighted by Crippen LogP contribution is 2.22. The molecule has 0 atom stereocenters. The van der Waals surface area contributed by atoms with Crippen molar-refractivity contribution in [1.82, 2.24) is 4.98 Å². The molecule has 0 bridgehead atoms. The van der Waals surface area contributed by atoms with E-state index < -0.39 is 0 Å². The van der Waals surface area contributed by atoms with Crippen LogP contribution in [0.3, 0.4) is 0 Å². The molecule has 0 unspecified atom stereocenters. The first-order valence-corrected chi connectivity index (χ1v) is 9.72. The second-order valence-corrected chi connectivity index (χ2v) is 7.60. The molecule has 0 saturated carbocycles. The number of methoxy groups -OCH3 is 1. The minimum atomic E-state index is 0.189. The van der Waals surface area contributed by atoms with Crippen LogP contribution < -0.4 is 4.74 Å². The molecule has 3 nitrogen and oxygen atoms in total. The van der Waals surface area contributed by atoms with Gasteiger partial charge in [-0.1, -0.05) is 72.7 Å². The molecule has 27 heavy (non-hydrogen) atoms. The van der Waals surface area contributed by atoms with Gasteiger partial charge in [0.1, 0.15) is 11.5 Å². The molecule has 1 aromatic heterocycles. The first-order valence-electron chi connectivity index (χ1n) is 9.72. The lowest BCUT2D eigenvalue weighted by atomic mass is 9.86. The fraction of sp³-hybridized carbons (Fsp3) is 0.500. The fourth-order valence-electron chi connectivity index (χ4n) is 2.26. The largest absolute Gasteiger partial charge is 0.495 e. The van der Waals surface area contributed by atoms with Crippen LogP contribution in [-0.4, -0.2) is 17.9 Å². The van der Waals surface area contributed by atoms with Crippen molar-refractivity contribution in [2.45, 2.75) is 73.1 Å². The summed E-state index contributed by atoms with van der Waals surface area (Å²) >= 11 is 0. The molecule has 0 amide bonds. The topological polar surface area (TPSA) is 39.2 Å². The van der Waals surface area contributed by atoms with Gasteiger partial charge in [0.25, 0.3) is 0 Å². The molecule has 0 aliphatic carbocycles. The van der Waals surface area contributed by atoms with E-state index >= 15 is 0 Å². The predicted molar refractivity (Wildman–Crippen MR) is 116 cm³/mol. The first-order chi connectivity index (χ1) is 12.6. The van der Waals surface area contributed by atoms with Gasteiger partial charge >= 0.3 is 0 Å². The number of ether oxygens (including phenoxy) is 1. The number of Topliss-reactive ketones (excluding diaryl/α,β-unsaturated/α-hetero) is 1. The predicted octanol–water partition coefficient (Wildman–Crippen LogP) is 6.36. The van der Waals surface area contributed by atoms with Gasteiger partial charge in [0.2, 0.25) is 0 Å². The maximum atomic E-state index is 10.9. The normalized spacial score (nSPS) is 10.3. The Hall–Kier alpha value is -2.16. The standard InChI is InChI=1S/C13H18O.C9H13NO.C2H6/c1-10(14)9-11-5-7-12(8-6-11)13(2,3)4;1-7(2)9-5-4-8(11-3)6-10-9;1-2/h5-8H,9H2,1-4H3;4-7H,1-3H3;1-2H3. The fourth-order valence-corrected chi connectivity index (χ4v) is 2.26. The summed E-state index contributed by atoms with van der Waals surface area (Å²) in [5.41, 5.74) is 3.70. The van der Waals surface area contributed by atoms with Gasteiger partial charge in [-0.2, -0.15) is 0 Å². The van der Waals surface area contributed by atoms with Crippen molar-refractivity contribution in [1.29, 1.82) is 0 Å². The lowest BCUT2D eigenvalue weighted by molar-refractivity contribution is -0.116. The highest BCUT2D eigenvalue weighted by atomic mass is 16.5. The lowest BCUT2D eigenvalue weighted by Crippen LogP contribution is -2.10. The summed E-state index contributed by atoms with van der Waals surface area (Å²) in [4.78, 5) is 15.1.